The van der Waals surface area contributed by atoms with E-state index in [2.05, 4.69) is 15.3 Å². The van der Waals surface area contributed by atoms with Crippen molar-refractivity contribution in [1.29, 1.82) is 0 Å². The van der Waals surface area contributed by atoms with Gasteiger partial charge in [0.05, 0.1) is 16.7 Å². The van der Waals surface area contributed by atoms with Gasteiger partial charge in [0.1, 0.15) is 5.69 Å². The maximum Gasteiger partial charge on any atom is 0.293 e. The third-order valence-electron chi connectivity index (χ3n) is 5.81. The molecular weight excluding hydrogens is 358 g/mol. The molecule has 1 aromatic heterocycles. The van der Waals surface area contributed by atoms with Gasteiger partial charge in [0.25, 0.3) is 11.6 Å². The molecule has 1 amide bonds. The Morgan fingerprint density at radius 2 is 2.04 bits per heavy atom. The molecule has 1 saturated carbocycles. The molecule has 0 radical (unpaired) electrons. The smallest absolute Gasteiger partial charge is 0.293 e. The average Bonchev–Trinajstić information content (AvgIpc) is 3.28. The number of anilines is 1. The number of nitro benzene ring substituents is 1. The molecule has 1 atom stereocenters. The summed E-state index contributed by atoms with van der Waals surface area (Å²) in [6, 6.07) is 5.09. The summed E-state index contributed by atoms with van der Waals surface area (Å²) < 4.78 is 1.86. The Hall–Kier alpha value is -2.90. The lowest BCUT2D eigenvalue weighted by molar-refractivity contribution is -0.384. The fourth-order valence-electron chi connectivity index (χ4n) is 4.18. The topological polar surface area (TPSA) is 93.3 Å². The van der Waals surface area contributed by atoms with Crippen molar-refractivity contribution in [3.63, 3.8) is 0 Å². The molecule has 2 aliphatic rings. The van der Waals surface area contributed by atoms with Crippen LogP contribution in [0.4, 0.5) is 11.4 Å². The predicted molar refractivity (Wildman–Crippen MR) is 106 cm³/mol. The minimum absolute atomic E-state index is 0.0189. The number of aryl methyl sites for hydroxylation is 2. The molecule has 2 aromatic rings. The van der Waals surface area contributed by atoms with E-state index < -0.39 is 0 Å². The number of hydrogen-bond donors (Lipinski definition) is 1. The highest BCUT2D eigenvalue weighted by Crippen LogP contribution is 2.42. The number of benzene rings is 1. The van der Waals surface area contributed by atoms with Crippen LogP contribution >= 0.6 is 0 Å². The van der Waals surface area contributed by atoms with Gasteiger partial charge in [0.15, 0.2) is 0 Å². The summed E-state index contributed by atoms with van der Waals surface area (Å²) in [4.78, 5) is 25.8. The molecule has 8 nitrogen and oxygen atoms in total. The van der Waals surface area contributed by atoms with Gasteiger partial charge < -0.3 is 10.2 Å². The number of nitrogens with zero attached hydrogens (tertiary/aromatic N) is 4. The van der Waals surface area contributed by atoms with E-state index in [0.717, 1.165) is 49.2 Å². The Bertz CT molecular complexity index is 948. The van der Waals surface area contributed by atoms with Crippen molar-refractivity contribution in [3.05, 3.63) is 50.8 Å². The van der Waals surface area contributed by atoms with Crippen LogP contribution < -0.4 is 10.2 Å². The Morgan fingerprint density at radius 1 is 1.29 bits per heavy atom. The monoisotopic (exact) mass is 383 g/mol. The first-order valence-corrected chi connectivity index (χ1v) is 9.73. The quantitative estimate of drug-likeness (QED) is 0.632. The fraction of sp³-hybridized carbons (Fsp3) is 0.500. The second-order valence-corrected chi connectivity index (χ2v) is 7.77. The molecule has 2 heterocycles. The Morgan fingerprint density at radius 3 is 2.64 bits per heavy atom. The lowest BCUT2D eigenvalue weighted by Crippen LogP contribution is -2.27. The molecule has 2 fully saturated rings. The molecule has 1 N–H and O–H groups in total. The van der Waals surface area contributed by atoms with Crippen molar-refractivity contribution in [1.82, 2.24) is 15.1 Å². The largest absolute Gasteiger partial charge is 0.359 e. The summed E-state index contributed by atoms with van der Waals surface area (Å²) in [6.07, 6.45) is 3.84. The van der Waals surface area contributed by atoms with Gasteiger partial charge in [-0.05, 0) is 51.7 Å². The highest BCUT2D eigenvalue weighted by atomic mass is 16.6. The van der Waals surface area contributed by atoms with E-state index in [0.29, 0.717) is 11.3 Å². The van der Waals surface area contributed by atoms with Crippen LogP contribution in [-0.4, -0.2) is 33.2 Å². The zero-order chi connectivity index (χ0) is 20.0. The number of carbonyl (C=O) groups is 1. The van der Waals surface area contributed by atoms with Gasteiger partial charge in [0, 0.05) is 42.5 Å². The number of hydrogen-bond acceptors (Lipinski definition) is 5. The van der Waals surface area contributed by atoms with Crippen LogP contribution in [0.2, 0.25) is 0 Å². The van der Waals surface area contributed by atoms with Gasteiger partial charge in [-0.15, -0.1) is 0 Å². The van der Waals surface area contributed by atoms with Crippen molar-refractivity contribution >= 4 is 17.3 Å². The molecule has 4 rings (SSSR count). The summed E-state index contributed by atoms with van der Waals surface area (Å²) in [6.45, 7) is 4.76. The SMILES string of the molecule is Cc1nn(C)c(C)c1C1CCCN1c1ccc(C(=O)NC2CC2)cc1[N+](=O)[O-]. The summed E-state index contributed by atoms with van der Waals surface area (Å²) in [5.41, 5.74) is 4.07. The van der Waals surface area contributed by atoms with E-state index >= 15 is 0 Å². The van der Waals surface area contributed by atoms with E-state index in [9.17, 15) is 14.9 Å². The minimum atomic E-state index is -0.387. The maximum absolute atomic E-state index is 12.3. The first-order chi connectivity index (χ1) is 13.4. The van der Waals surface area contributed by atoms with E-state index in [-0.39, 0.29) is 28.6 Å². The van der Waals surface area contributed by atoms with Crippen LogP contribution in [0.5, 0.6) is 0 Å². The van der Waals surface area contributed by atoms with E-state index in [1.54, 1.807) is 12.1 Å². The number of rotatable bonds is 5. The highest BCUT2D eigenvalue weighted by molar-refractivity contribution is 5.96. The Labute approximate surface area is 163 Å². The molecule has 0 bridgehead atoms. The van der Waals surface area contributed by atoms with Crippen molar-refractivity contribution in [2.24, 2.45) is 7.05 Å². The number of carbonyl (C=O) groups excluding carboxylic acids is 1. The molecule has 1 saturated heterocycles. The van der Waals surface area contributed by atoms with Crippen LogP contribution in [0.3, 0.4) is 0 Å². The third-order valence-corrected chi connectivity index (χ3v) is 5.81. The summed E-state index contributed by atoms with van der Waals surface area (Å²) in [5, 5.41) is 19.2. The number of amides is 1. The van der Waals surface area contributed by atoms with Crippen molar-refractivity contribution in [3.8, 4) is 0 Å². The predicted octanol–water partition coefficient (Wildman–Crippen LogP) is 3.18. The first-order valence-electron chi connectivity index (χ1n) is 9.73. The second-order valence-electron chi connectivity index (χ2n) is 7.77. The van der Waals surface area contributed by atoms with E-state index in [1.807, 2.05) is 25.6 Å². The van der Waals surface area contributed by atoms with Crippen LogP contribution in [0.15, 0.2) is 18.2 Å². The molecular formula is C20H25N5O3. The van der Waals surface area contributed by atoms with Gasteiger partial charge in [-0.3, -0.25) is 19.6 Å². The van der Waals surface area contributed by atoms with Crippen molar-refractivity contribution in [2.45, 2.75) is 51.6 Å². The highest BCUT2D eigenvalue weighted by Gasteiger charge is 2.34. The molecule has 148 valence electrons. The normalized spacial score (nSPS) is 19.1. The standard InChI is InChI=1S/C20H25N5O3/c1-12-19(13(2)23(3)22-12)17-5-4-10-24(17)16-9-6-14(11-18(16)25(27)28)20(26)21-15-7-8-15/h6,9,11,15,17H,4-5,7-8,10H2,1-3H3,(H,21,26). The van der Waals surface area contributed by atoms with E-state index in [1.165, 1.54) is 6.07 Å². The average molecular weight is 383 g/mol. The molecule has 1 aromatic carbocycles. The number of nitro groups is 1. The first kappa shape index (κ1) is 18.5. The maximum atomic E-state index is 12.3. The molecule has 1 aliphatic heterocycles. The van der Waals surface area contributed by atoms with Gasteiger partial charge in [-0.25, -0.2) is 0 Å². The Kier molecular flexibility index (Phi) is 4.56. The van der Waals surface area contributed by atoms with Crippen molar-refractivity contribution in [2.75, 3.05) is 11.4 Å². The fourth-order valence-corrected chi connectivity index (χ4v) is 4.18. The van der Waals surface area contributed by atoms with Gasteiger partial charge in [-0.2, -0.15) is 5.10 Å². The molecule has 1 aliphatic carbocycles. The number of nitrogens with one attached hydrogen (secondary N) is 1. The van der Waals surface area contributed by atoms with Gasteiger partial charge >= 0.3 is 0 Å². The lowest BCUT2D eigenvalue weighted by Gasteiger charge is -2.27. The zero-order valence-electron chi connectivity index (χ0n) is 16.4. The van der Waals surface area contributed by atoms with Crippen LogP contribution in [-0.2, 0) is 7.05 Å². The summed E-state index contributed by atoms with van der Waals surface area (Å²) in [5.74, 6) is -0.242. The minimum Gasteiger partial charge on any atom is -0.359 e. The third kappa shape index (κ3) is 3.23. The van der Waals surface area contributed by atoms with Gasteiger partial charge in [0.2, 0.25) is 0 Å². The van der Waals surface area contributed by atoms with E-state index in [4.69, 9.17) is 0 Å². The second kappa shape index (κ2) is 6.92. The lowest BCUT2D eigenvalue weighted by atomic mass is 10.0. The molecule has 8 heteroatoms. The van der Waals surface area contributed by atoms with Crippen LogP contribution in [0, 0.1) is 24.0 Å². The molecule has 0 spiro atoms. The summed E-state index contributed by atoms with van der Waals surface area (Å²) in [7, 11) is 1.92. The zero-order valence-corrected chi connectivity index (χ0v) is 16.4. The summed E-state index contributed by atoms with van der Waals surface area (Å²) >= 11 is 0. The van der Waals surface area contributed by atoms with Crippen molar-refractivity contribution < 1.29 is 9.72 Å². The number of aromatic nitrogens is 2. The molecule has 28 heavy (non-hydrogen) atoms. The Balaban J connectivity index is 1.70. The molecule has 1 unspecified atom stereocenters. The van der Waals surface area contributed by atoms with Crippen LogP contribution in [0.25, 0.3) is 0 Å². The van der Waals surface area contributed by atoms with Crippen LogP contribution in [0.1, 0.15) is 59.0 Å². The van der Waals surface area contributed by atoms with Gasteiger partial charge in [-0.1, -0.05) is 0 Å².